The van der Waals surface area contributed by atoms with Crippen LogP contribution in [-0.4, -0.2) is 25.1 Å². The molecule has 0 saturated carbocycles. The normalized spacial score (nSPS) is 11.0. The van der Waals surface area contributed by atoms with Crippen LogP contribution in [0.2, 0.25) is 0 Å². The summed E-state index contributed by atoms with van der Waals surface area (Å²) in [5.74, 6) is -0.859. The Balaban J connectivity index is 1.86. The van der Waals surface area contributed by atoms with Crippen LogP contribution in [0.1, 0.15) is 18.1 Å². The lowest BCUT2D eigenvalue weighted by atomic mass is 10.1. The van der Waals surface area contributed by atoms with Gasteiger partial charge in [0.15, 0.2) is 6.61 Å². The predicted octanol–water partition coefficient (Wildman–Crippen LogP) is 3.83. The molecule has 2 rings (SSSR count). The minimum Gasteiger partial charge on any atom is -0.494 e. The second kappa shape index (κ2) is 9.07. The van der Waals surface area contributed by atoms with E-state index in [1.54, 1.807) is 24.3 Å². The molecule has 0 heterocycles. The number of esters is 1. The number of ether oxygens (including phenoxy) is 2. The van der Waals surface area contributed by atoms with Gasteiger partial charge in [-0.2, -0.15) is 13.2 Å². The molecule has 0 aliphatic rings. The van der Waals surface area contributed by atoms with Gasteiger partial charge in [-0.3, -0.25) is 9.59 Å². The lowest BCUT2D eigenvalue weighted by molar-refractivity contribution is -0.146. The standard InChI is InChI=1S/C19H18F3NO4/c1-2-26-14-9-7-13(8-10-14)11-18(25)27-12-17(24)23-16-6-4-3-5-15(16)19(20,21)22/h3-10H,2,11-12H2,1H3,(H,23,24). The van der Waals surface area contributed by atoms with Gasteiger partial charge in [0.05, 0.1) is 24.3 Å². The molecule has 0 aliphatic heterocycles. The molecule has 0 atom stereocenters. The highest BCUT2D eigenvalue weighted by atomic mass is 19.4. The van der Waals surface area contributed by atoms with E-state index in [4.69, 9.17) is 9.47 Å². The van der Waals surface area contributed by atoms with Crippen molar-refractivity contribution in [2.24, 2.45) is 0 Å². The van der Waals surface area contributed by atoms with Gasteiger partial charge in [-0.25, -0.2) is 0 Å². The smallest absolute Gasteiger partial charge is 0.418 e. The quantitative estimate of drug-likeness (QED) is 0.741. The summed E-state index contributed by atoms with van der Waals surface area (Å²) in [4.78, 5) is 23.6. The first-order chi connectivity index (χ1) is 12.8. The average molecular weight is 381 g/mol. The van der Waals surface area contributed by atoms with Crippen molar-refractivity contribution in [3.8, 4) is 5.75 Å². The first-order valence-corrected chi connectivity index (χ1v) is 8.13. The van der Waals surface area contributed by atoms with Gasteiger partial charge in [-0.15, -0.1) is 0 Å². The number of anilines is 1. The maximum absolute atomic E-state index is 12.9. The van der Waals surface area contributed by atoms with E-state index >= 15 is 0 Å². The minimum absolute atomic E-state index is 0.0706. The fraction of sp³-hybridized carbons (Fsp3) is 0.263. The number of amides is 1. The lowest BCUT2D eigenvalue weighted by Crippen LogP contribution is -2.23. The average Bonchev–Trinajstić information content (AvgIpc) is 2.61. The molecule has 0 aliphatic carbocycles. The molecular formula is C19H18F3NO4. The van der Waals surface area contributed by atoms with Crippen molar-refractivity contribution in [3.63, 3.8) is 0 Å². The zero-order valence-corrected chi connectivity index (χ0v) is 14.5. The van der Waals surface area contributed by atoms with E-state index in [2.05, 4.69) is 5.32 Å². The van der Waals surface area contributed by atoms with Gasteiger partial charge >= 0.3 is 12.1 Å². The first-order valence-electron chi connectivity index (χ1n) is 8.13. The second-order valence-electron chi connectivity index (χ2n) is 5.51. The molecule has 0 bridgehead atoms. The topological polar surface area (TPSA) is 64.6 Å². The molecule has 1 amide bonds. The Hall–Kier alpha value is -3.03. The SMILES string of the molecule is CCOc1ccc(CC(=O)OCC(=O)Nc2ccccc2C(F)(F)F)cc1. The molecule has 0 unspecified atom stereocenters. The van der Waals surface area contributed by atoms with E-state index in [1.807, 2.05) is 6.92 Å². The van der Waals surface area contributed by atoms with Gasteiger partial charge < -0.3 is 14.8 Å². The van der Waals surface area contributed by atoms with Gasteiger partial charge in [-0.1, -0.05) is 24.3 Å². The van der Waals surface area contributed by atoms with Crippen molar-refractivity contribution in [1.29, 1.82) is 0 Å². The first kappa shape index (κ1) is 20.3. The minimum atomic E-state index is -4.60. The number of carbonyl (C=O) groups is 2. The molecule has 144 valence electrons. The summed E-state index contributed by atoms with van der Waals surface area (Å²) in [6, 6.07) is 11.3. The number of halogens is 3. The zero-order chi connectivity index (χ0) is 19.9. The predicted molar refractivity (Wildman–Crippen MR) is 92.3 cm³/mol. The summed E-state index contributed by atoms with van der Waals surface area (Å²) < 4.78 is 48.8. The third-order valence-corrected chi connectivity index (χ3v) is 3.45. The van der Waals surface area contributed by atoms with Crippen LogP contribution in [-0.2, 0) is 26.9 Å². The maximum Gasteiger partial charge on any atom is 0.418 e. The fourth-order valence-corrected chi connectivity index (χ4v) is 2.26. The maximum atomic E-state index is 12.9. The summed E-state index contributed by atoms with van der Waals surface area (Å²) >= 11 is 0. The summed E-state index contributed by atoms with van der Waals surface area (Å²) in [5, 5.41) is 2.11. The van der Waals surface area contributed by atoms with Crippen molar-refractivity contribution in [2.75, 3.05) is 18.5 Å². The van der Waals surface area contributed by atoms with Gasteiger partial charge in [0, 0.05) is 0 Å². The van der Waals surface area contributed by atoms with Crippen LogP contribution in [0, 0.1) is 0 Å². The van der Waals surface area contributed by atoms with Crippen LogP contribution in [0.4, 0.5) is 18.9 Å². The Bertz CT molecular complexity index is 788. The van der Waals surface area contributed by atoms with E-state index in [0.29, 0.717) is 17.9 Å². The molecule has 0 radical (unpaired) electrons. The number of alkyl halides is 3. The number of hydrogen-bond acceptors (Lipinski definition) is 4. The van der Waals surface area contributed by atoms with Crippen molar-refractivity contribution < 1.29 is 32.2 Å². The molecule has 0 aromatic heterocycles. The third-order valence-electron chi connectivity index (χ3n) is 3.45. The van der Waals surface area contributed by atoms with E-state index in [1.165, 1.54) is 12.1 Å². The number of nitrogens with one attached hydrogen (secondary N) is 1. The Morgan fingerprint density at radius 1 is 1.04 bits per heavy atom. The number of hydrogen-bond donors (Lipinski definition) is 1. The van der Waals surface area contributed by atoms with Crippen LogP contribution >= 0.6 is 0 Å². The Morgan fingerprint density at radius 3 is 2.33 bits per heavy atom. The van der Waals surface area contributed by atoms with Gasteiger partial charge in [0.25, 0.3) is 5.91 Å². The molecule has 5 nitrogen and oxygen atoms in total. The molecule has 2 aromatic rings. The monoisotopic (exact) mass is 381 g/mol. The van der Waals surface area contributed by atoms with Gasteiger partial charge in [0.1, 0.15) is 5.75 Å². The van der Waals surface area contributed by atoms with E-state index in [-0.39, 0.29) is 6.42 Å². The van der Waals surface area contributed by atoms with Crippen molar-refractivity contribution in [1.82, 2.24) is 0 Å². The van der Waals surface area contributed by atoms with Crippen LogP contribution in [0.25, 0.3) is 0 Å². The summed E-state index contributed by atoms with van der Waals surface area (Å²) in [6.07, 6.45) is -4.67. The number of para-hydroxylation sites is 1. The molecular weight excluding hydrogens is 363 g/mol. The summed E-state index contributed by atoms with van der Waals surface area (Å²) in [7, 11) is 0. The van der Waals surface area contributed by atoms with Crippen LogP contribution < -0.4 is 10.1 Å². The van der Waals surface area contributed by atoms with E-state index < -0.39 is 35.9 Å². The second-order valence-corrected chi connectivity index (χ2v) is 5.51. The molecule has 2 aromatic carbocycles. The largest absolute Gasteiger partial charge is 0.494 e. The zero-order valence-electron chi connectivity index (χ0n) is 14.5. The number of benzene rings is 2. The van der Waals surface area contributed by atoms with Crippen LogP contribution in [0.3, 0.4) is 0 Å². The lowest BCUT2D eigenvalue weighted by Gasteiger charge is -2.13. The molecule has 27 heavy (non-hydrogen) atoms. The van der Waals surface area contributed by atoms with Crippen molar-refractivity contribution >= 4 is 17.6 Å². The van der Waals surface area contributed by atoms with Gasteiger partial charge in [0.2, 0.25) is 0 Å². The Labute approximate surface area is 154 Å². The fourth-order valence-electron chi connectivity index (χ4n) is 2.26. The molecule has 0 fully saturated rings. The number of rotatable bonds is 7. The Kier molecular flexibility index (Phi) is 6.81. The molecule has 8 heteroatoms. The van der Waals surface area contributed by atoms with Crippen molar-refractivity contribution in [2.45, 2.75) is 19.5 Å². The molecule has 0 spiro atoms. The third kappa shape index (κ3) is 6.32. The van der Waals surface area contributed by atoms with Gasteiger partial charge in [-0.05, 0) is 36.8 Å². The molecule has 0 saturated heterocycles. The van der Waals surface area contributed by atoms with Crippen LogP contribution in [0.5, 0.6) is 5.75 Å². The van der Waals surface area contributed by atoms with E-state index in [9.17, 15) is 22.8 Å². The molecule has 1 N–H and O–H groups in total. The summed E-state index contributed by atoms with van der Waals surface area (Å²) in [5.41, 5.74) is -0.706. The Morgan fingerprint density at radius 2 is 1.70 bits per heavy atom. The highest BCUT2D eigenvalue weighted by Crippen LogP contribution is 2.34. The number of carbonyl (C=O) groups excluding carboxylic acids is 2. The van der Waals surface area contributed by atoms with Crippen LogP contribution in [0.15, 0.2) is 48.5 Å². The highest BCUT2D eigenvalue weighted by molar-refractivity contribution is 5.93. The van der Waals surface area contributed by atoms with E-state index in [0.717, 1.165) is 12.1 Å². The van der Waals surface area contributed by atoms with Crippen molar-refractivity contribution in [3.05, 3.63) is 59.7 Å². The summed E-state index contributed by atoms with van der Waals surface area (Å²) in [6.45, 7) is 1.69. The highest BCUT2D eigenvalue weighted by Gasteiger charge is 2.33.